The molecule has 6 N–H and O–H groups in total. The number of hydrogen-bond donors (Lipinski definition) is 3. The normalized spacial score (nSPS) is 31.2. The maximum atomic E-state index is 14.7. The molecule has 2 heterocycles. The van der Waals surface area contributed by atoms with E-state index in [9.17, 15) is 4.39 Å². The molecule has 0 amide bonds. The molecule has 2 aliphatic heterocycles. The van der Waals surface area contributed by atoms with Gasteiger partial charge in [0.2, 0.25) is 0 Å². The van der Waals surface area contributed by atoms with Gasteiger partial charge in [-0.15, -0.1) is 0 Å². The topological polar surface area (TPSA) is 100 Å². The fourth-order valence-electron chi connectivity index (χ4n) is 6.03. The SMILES string of the molecule is CCN1CCCC1CN1C(N)N(c2ccc(OC)c(F)c2)C(N)N(C2CCCCCC2)C1N. The summed E-state index contributed by atoms with van der Waals surface area (Å²) in [5, 5.41) is 0. The molecule has 0 spiro atoms. The van der Waals surface area contributed by atoms with Crippen LogP contribution in [0.15, 0.2) is 18.2 Å². The van der Waals surface area contributed by atoms with E-state index < -0.39 is 18.4 Å². The molecule has 4 atom stereocenters. The van der Waals surface area contributed by atoms with Crippen LogP contribution in [0.4, 0.5) is 10.1 Å². The number of halogens is 1. The van der Waals surface area contributed by atoms with Crippen LogP contribution < -0.4 is 26.8 Å². The Morgan fingerprint density at radius 2 is 1.70 bits per heavy atom. The largest absolute Gasteiger partial charge is 0.494 e. The predicted octanol–water partition coefficient (Wildman–Crippen LogP) is 2.19. The van der Waals surface area contributed by atoms with Crippen LogP contribution in [-0.2, 0) is 0 Å². The summed E-state index contributed by atoms with van der Waals surface area (Å²) in [5.74, 6) is -0.221. The van der Waals surface area contributed by atoms with E-state index in [1.54, 1.807) is 6.07 Å². The summed E-state index contributed by atoms with van der Waals surface area (Å²) in [5.41, 5.74) is 21.3. The molecule has 4 rings (SSSR count). The molecule has 2 saturated heterocycles. The van der Waals surface area contributed by atoms with E-state index >= 15 is 0 Å². The number of methoxy groups -OCH3 is 1. The second kappa shape index (κ2) is 10.8. The van der Waals surface area contributed by atoms with Gasteiger partial charge in [-0.2, -0.15) is 0 Å². The van der Waals surface area contributed by atoms with Crippen molar-refractivity contribution >= 4 is 5.69 Å². The number of rotatable bonds is 6. The predicted molar refractivity (Wildman–Crippen MR) is 130 cm³/mol. The minimum atomic E-state index is -0.552. The Labute approximate surface area is 197 Å². The van der Waals surface area contributed by atoms with E-state index in [4.69, 9.17) is 21.9 Å². The molecular weight excluding hydrogens is 421 g/mol. The van der Waals surface area contributed by atoms with E-state index in [1.807, 2.05) is 11.0 Å². The van der Waals surface area contributed by atoms with Gasteiger partial charge in [0.1, 0.15) is 18.9 Å². The van der Waals surface area contributed by atoms with E-state index in [0.717, 1.165) is 38.9 Å². The number of anilines is 1. The first-order valence-corrected chi connectivity index (χ1v) is 12.6. The van der Waals surface area contributed by atoms with Crippen LogP contribution in [0.25, 0.3) is 0 Å². The Bertz CT molecular complexity index is 775. The van der Waals surface area contributed by atoms with E-state index in [1.165, 1.54) is 45.3 Å². The second-order valence-electron chi connectivity index (χ2n) is 9.68. The molecule has 9 heteroatoms. The quantitative estimate of drug-likeness (QED) is 0.552. The Balaban J connectivity index is 1.67. The molecular formula is C24H42FN7O. The lowest BCUT2D eigenvalue weighted by Crippen LogP contribution is -2.80. The number of benzene rings is 1. The van der Waals surface area contributed by atoms with Crippen LogP contribution in [0.3, 0.4) is 0 Å². The van der Waals surface area contributed by atoms with Crippen LogP contribution in [-0.4, -0.2) is 72.4 Å². The third-order valence-corrected chi connectivity index (χ3v) is 7.87. The van der Waals surface area contributed by atoms with Crippen LogP contribution >= 0.6 is 0 Å². The van der Waals surface area contributed by atoms with Gasteiger partial charge in [-0.3, -0.25) is 16.4 Å². The molecule has 4 unspecified atom stereocenters. The Morgan fingerprint density at radius 3 is 2.33 bits per heavy atom. The van der Waals surface area contributed by atoms with Gasteiger partial charge < -0.3 is 15.4 Å². The van der Waals surface area contributed by atoms with Crippen molar-refractivity contribution in [1.82, 2.24) is 14.7 Å². The maximum Gasteiger partial charge on any atom is 0.167 e. The molecule has 0 radical (unpaired) electrons. The third kappa shape index (κ3) is 4.99. The van der Waals surface area contributed by atoms with Crippen LogP contribution in [0.5, 0.6) is 5.75 Å². The molecule has 3 aliphatic rings. The third-order valence-electron chi connectivity index (χ3n) is 7.87. The monoisotopic (exact) mass is 463 g/mol. The minimum absolute atomic E-state index is 0.205. The van der Waals surface area contributed by atoms with Gasteiger partial charge in [0.05, 0.1) is 7.11 Å². The fourth-order valence-corrected chi connectivity index (χ4v) is 6.03. The summed E-state index contributed by atoms with van der Waals surface area (Å²) >= 11 is 0. The summed E-state index contributed by atoms with van der Waals surface area (Å²) in [4.78, 5) is 8.81. The Hall–Kier alpha value is -1.49. The highest BCUT2D eigenvalue weighted by Gasteiger charge is 2.46. The van der Waals surface area contributed by atoms with Crippen molar-refractivity contribution in [1.29, 1.82) is 0 Å². The first kappa shape index (κ1) is 24.6. The van der Waals surface area contributed by atoms with Gasteiger partial charge in [0, 0.05) is 30.4 Å². The number of nitrogens with zero attached hydrogens (tertiary/aromatic N) is 4. The van der Waals surface area contributed by atoms with Crippen LogP contribution in [0.2, 0.25) is 0 Å². The average molecular weight is 464 g/mol. The lowest BCUT2D eigenvalue weighted by atomic mass is 10.1. The van der Waals surface area contributed by atoms with Gasteiger partial charge in [0.15, 0.2) is 11.6 Å². The zero-order chi connectivity index (χ0) is 23.5. The number of nitrogens with two attached hydrogens (primary N) is 3. The smallest absolute Gasteiger partial charge is 0.167 e. The molecule has 8 nitrogen and oxygen atoms in total. The van der Waals surface area contributed by atoms with E-state index in [2.05, 4.69) is 21.6 Å². The molecule has 3 fully saturated rings. The molecule has 1 saturated carbocycles. The lowest BCUT2D eigenvalue weighted by Gasteiger charge is -2.57. The van der Waals surface area contributed by atoms with Crippen molar-refractivity contribution in [3.63, 3.8) is 0 Å². The first-order valence-electron chi connectivity index (χ1n) is 12.6. The summed E-state index contributed by atoms with van der Waals surface area (Å²) < 4.78 is 19.8. The molecule has 0 aromatic heterocycles. The van der Waals surface area contributed by atoms with Gasteiger partial charge in [-0.1, -0.05) is 32.6 Å². The highest BCUT2D eigenvalue weighted by molar-refractivity contribution is 5.51. The number of hydrogen-bond acceptors (Lipinski definition) is 8. The van der Waals surface area contributed by atoms with Gasteiger partial charge in [-0.05, 0) is 50.9 Å². The summed E-state index contributed by atoms with van der Waals surface area (Å²) in [6.07, 6.45) is 7.85. The lowest BCUT2D eigenvalue weighted by molar-refractivity contribution is -0.0917. The van der Waals surface area contributed by atoms with E-state index in [0.29, 0.717) is 11.7 Å². The average Bonchev–Trinajstić information content (AvgIpc) is 3.09. The molecule has 1 aromatic carbocycles. The molecule has 1 aliphatic carbocycles. The fraction of sp³-hybridized carbons (Fsp3) is 0.750. The Morgan fingerprint density at radius 1 is 0.970 bits per heavy atom. The summed E-state index contributed by atoms with van der Waals surface area (Å²) in [6, 6.07) is 5.62. The van der Waals surface area contributed by atoms with Crippen LogP contribution in [0, 0.1) is 5.82 Å². The van der Waals surface area contributed by atoms with Crippen molar-refractivity contribution in [2.75, 3.05) is 31.6 Å². The highest BCUT2D eigenvalue weighted by Crippen LogP contribution is 2.34. The molecule has 1 aromatic rings. The number of ether oxygens (including phenoxy) is 1. The van der Waals surface area contributed by atoms with Crippen molar-refractivity contribution in [2.45, 2.75) is 89.2 Å². The van der Waals surface area contributed by atoms with Gasteiger partial charge in [0.25, 0.3) is 0 Å². The molecule has 0 bridgehead atoms. The first-order chi connectivity index (χ1) is 16.0. The second-order valence-corrected chi connectivity index (χ2v) is 9.68. The van der Waals surface area contributed by atoms with Crippen molar-refractivity contribution < 1.29 is 9.13 Å². The van der Waals surface area contributed by atoms with Crippen molar-refractivity contribution in [3.05, 3.63) is 24.0 Å². The van der Waals surface area contributed by atoms with Crippen molar-refractivity contribution in [2.24, 2.45) is 17.2 Å². The zero-order valence-corrected chi connectivity index (χ0v) is 20.2. The van der Waals surface area contributed by atoms with Gasteiger partial charge >= 0.3 is 0 Å². The summed E-state index contributed by atoms with van der Waals surface area (Å²) in [7, 11) is 1.46. The van der Waals surface area contributed by atoms with Crippen LogP contribution in [0.1, 0.15) is 58.3 Å². The number of likely N-dealkylation sites (N-methyl/N-ethyl adjacent to an activating group) is 1. The molecule has 33 heavy (non-hydrogen) atoms. The van der Waals surface area contributed by atoms with Gasteiger partial charge in [-0.25, -0.2) is 14.2 Å². The maximum absolute atomic E-state index is 14.7. The number of likely N-dealkylation sites (tertiary alicyclic amines) is 1. The Kier molecular flexibility index (Phi) is 8.09. The highest BCUT2D eigenvalue weighted by atomic mass is 19.1. The molecule has 186 valence electrons. The minimum Gasteiger partial charge on any atom is -0.494 e. The summed E-state index contributed by atoms with van der Waals surface area (Å²) in [6.45, 7) is 5.09. The van der Waals surface area contributed by atoms with Crippen molar-refractivity contribution in [3.8, 4) is 5.75 Å². The standard InChI is InChI=1S/C24H42FN7O/c1-3-29-14-8-11-19(29)16-30-22(26)31(17-9-6-4-5-7-10-17)24(28)32(23(30)27)18-12-13-21(33-2)20(25)15-18/h12-13,15,17,19,22-24H,3-11,14,16,26-28H2,1-2H3. The zero-order valence-electron chi connectivity index (χ0n) is 20.2. The van der Waals surface area contributed by atoms with E-state index in [-0.39, 0.29) is 18.1 Å².